The Morgan fingerprint density at radius 3 is 2.52 bits per heavy atom. The number of benzene rings is 2. The van der Waals surface area contributed by atoms with Crippen LogP contribution in [0.3, 0.4) is 0 Å². The molecule has 1 atom stereocenters. The Morgan fingerprint density at radius 1 is 1.08 bits per heavy atom. The molecule has 0 aliphatic carbocycles. The predicted octanol–water partition coefficient (Wildman–Crippen LogP) is 3.53. The van der Waals surface area contributed by atoms with Crippen molar-refractivity contribution in [3.8, 4) is 23.0 Å². The van der Waals surface area contributed by atoms with Gasteiger partial charge in [-0.15, -0.1) is 0 Å². The fourth-order valence-electron chi connectivity index (χ4n) is 4.01. The number of rotatable bonds is 2. The van der Waals surface area contributed by atoms with Crippen LogP contribution in [0.25, 0.3) is 0 Å². The molecule has 0 saturated carbocycles. The van der Waals surface area contributed by atoms with Crippen LogP contribution in [0.1, 0.15) is 28.3 Å². The monoisotopic (exact) mass is 405 g/mol. The van der Waals surface area contributed by atoms with E-state index in [9.17, 15) is 10.2 Å². The van der Waals surface area contributed by atoms with Gasteiger partial charge in [-0.3, -0.25) is 4.90 Å². The van der Waals surface area contributed by atoms with Gasteiger partial charge in [0.05, 0.1) is 14.2 Å². The zero-order chi connectivity index (χ0) is 17.7. The second-order valence-electron chi connectivity index (χ2n) is 6.53. The first-order valence-electron chi connectivity index (χ1n) is 8.24. The van der Waals surface area contributed by atoms with Gasteiger partial charge in [0.15, 0.2) is 23.0 Å². The number of hydrogen-bond donors (Lipinski definition) is 2. The third kappa shape index (κ3) is 2.55. The first-order chi connectivity index (χ1) is 12.0. The molecule has 5 nitrogen and oxygen atoms in total. The molecule has 0 amide bonds. The van der Waals surface area contributed by atoms with Crippen LogP contribution in [0.5, 0.6) is 23.0 Å². The number of aromatic hydroxyl groups is 2. The molecule has 0 spiro atoms. The van der Waals surface area contributed by atoms with Crippen molar-refractivity contribution in [1.29, 1.82) is 0 Å². The van der Waals surface area contributed by atoms with E-state index in [0.29, 0.717) is 6.54 Å². The number of nitrogens with zero attached hydrogens (tertiary/aromatic N) is 1. The van der Waals surface area contributed by atoms with Gasteiger partial charge in [0.25, 0.3) is 0 Å². The van der Waals surface area contributed by atoms with E-state index in [1.165, 1.54) is 11.1 Å². The Balaban J connectivity index is 1.81. The summed E-state index contributed by atoms with van der Waals surface area (Å²) in [7, 11) is 3.31. The van der Waals surface area contributed by atoms with Crippen LogP contribution in [-0.4, -0.2) is 35.9 Å². The molecule has 2 N–H and O–H groups in total. The minimum Gasteiger partial charge on any atom is -0.504 e. The molecule has 0 fully saturated rings. The van der Waals surface area contributed by atoms with Gasteiger partial charge in [-0.25, -0.2) is 0 Å². The largest absolute Gasteiger partial charge is 0.504 e. The van der Waals surface area contributed by atoms with E-state index >= 15 is 0 Å². The summed E-state index contributed by atoms with van der Waals surface area (Å²) in [4.78, 5) is 2.35. The first-order valence-corrected chi connectivity index (χ1v) is 9.03. The topological polar surface area (TPSA) is 62.2 Å². The summed E-state index contributed by atoms with van der Waals surface area (Å²) >= 11 is 3.54. The minimum absolute atomic E-state index is 0.00485. The zero-order valence-corrected chi connectivity index (χ0v) is 15.8. The van der Waals surface area contributed by atoms with E-state index in [4.69, 9.17) is 9.47 Å². The molecular formula is C19H20BrNO4. The molecule has 0 radical (unpaired) electrons. The van der Waals surface area contributed by atoms with Crippen LogP contribution in [0.4, 0.5) is 0 Å². The number of fused-ring (bicyclic) bond motifs is 4. The Bertz CT molecular complexity index is 852. The molecule has 2 heterocycles. The van der Waals surface area contributed by atoms with E-state index in [0.717, 1.165) is 46.5 Å². The van der Waals surface area contributed by atoms with Crippen LogP contribution in [0.15, 0.2) is 22.7 Å². The maximum atomic E-state index is 10.3. The highest BCUT2D eigenvalue weighted by atomic mass is 79.9. The van der Waals surface area contributed by atoms with Crippen LogP contribution < -0.4 is 9.47 Å². The van der Waals surface area contributed by atoms with E-state index in [1.807, 2.05) is 0 Å². The molecule has 2 aromatic carbocycles. The number of methoxy groups -OCH3 is 2. The summed E-state index contributed by atoms with van der Waals surface area (Å²) in [6.45, 7) is 1.52. The number of hydrogen-bond acceptors (Lipinski definition) is 5. The molecule has 0 aromatic heterocycles. The Morgan fingerprint density at radius 2 is 1.80 bits per heavy atom. The fourth-order valence-corrected chi connectivity index (χ4v) is 4.63. The molecule has 0 saturated heterocycles. The minimum atomic E-state index is -0.0760. The van der Waals surface area contributed by atoms with Gasteiger partial charge in [-0.05, 0) is 47.7 Å². The summed E-state index contributed by atoms with van der Waals surface area (Å²) in [6.07, 6.45) is 1.69. The van der Waals surface area contributed by atoms with Crippen LogP contribution in [0.2, 0.25) is 0 Å². The van der Waals surface area contributed by atoms with Gasteiger partial charge in [-0.2, -0.15) is 0 Å². The second kappa shape index (κ2) is 6.11. The lowest BCUT2D eigenvalue weighted by Crippen LogP contribution is -2.39. The van der Waals surface area contributed by atoms with Crippen molar-refractivity contribution >= 4 is 15.9 Å². The third-order valence-electron chi connectivity index (χ3n) is 5.32. The highest BCUT2D eigenvalue weighted by Gasteiger charge is 2.35. The van der Waals surface area contributed by atoms with Crippen molar-refractivity contribution in [2.75, 3.05) is 20.8 Å². The molecule has 1 unspecified atom stereocenters. The van der Waals surface area contributed by atoms with Gasteiger partial charge in [-0.1, -0.05) is 15.9 Å². The Hall–Kier alpha value is -1.92. The van der Waals surface area contributed by atoms with E-state index in [-0.39, 0.29) is 17.5 Å². The third-order valence-corrected chi connectivity index (χ3v) is 6.02. The maximum absolute atomic E-state index is 10.3. The fraction of sp³-hybridized carbons (Fsp3) is 0.368. The smallest absolute Gasteiger partial charge is 0.162 e. The van der Waals surface area contributed by atoms with Crippen molar-refractivity contribution in [3.05, 3.63) is 44.9 Å². The number of phenolic OH excluding ortho intramolecular Hbond substituents is 2. The molecule has 132 valence electrons. The van der Waals surface area contributed by atoms with Crippen molar-refractivity contribution in [2.45, 2.75) is 25.4 Å². The van der Waals surface area contributed by atoms with Gasteiger partial charge in [0.2, 0.25) is 0 Å². The quantitative estimate of drug-likeness (QED) is 0.748. The van der Waals surface area contributed by atoms with Crippen molar-refractivity contribution in [2.24, 2.45) is 0 Å². The van der Waals surface area contributed by atoms with Gasteiger partial charge < -0.3 is 19.7 Å². The summed E-state index contributed by atoms with van der Waals surface area (Å²) in [5, 5.41) is 20.2. The standard InChI is InChI=1S/C19H20BrNO4/c1-24-17-5-10-3-4-21-9-13-12(14(20)8-16(22)19(13)23)6-15(21)11(10)7-18(17)25-2/h5,7-8,15,22-23H,3-4,6,9H2,1-2H3. The number of phenols is 2. The molecule has 2 aliphatic rings. The van der Waals surface area contributed by atoms with Crippen molar-refractivity contribution in [1.82, 2.24) is 4.90 Å². The van der Waals surface area contributed by atoms with Crippen molar-refractivity contribution in [3.63, 3.8) is 0 Å². The lowest BCUT2D eigenvalue weighted by atomic mass is 9.83. The average Bonchev–Trinajstić information content (AvgIpc) is 2.63. The highest BCUT2D eigenvalue weighted by Crippen LogP contribution is 2.47. The van der Waals surface area contributed by atoms with Crippen LogP contribution in [-0.2, 0) is 19.4 Å². The zero-order valence-electron chi connectivity index (χ0n) is 14.2. The van der Waals surface area contributed by atoms with Gasteiger partial charge >= 0.3 is 0 Å². The van der Waals surface area contributed by atoms with Crippen LogP contribution >= 0.6 is 15.9 Å². The van der Waals surface area contributed by atoms with E-state index in [2.05, 4.69) is 33.0 Å². The molecule has 6 heteroatoms. The lowest BCUT2D eigenvalue weighted by Gasteiger charge is -2.42. The number of ether oxygens (including phenoxy) is 2. The van der Waals surface area contributed by atoms with Crippen molar-refractivity contribution < 1.29 is 19.7 Å². The van der Waals surface area contributed by atoms with E-state index < -0.39 is 0 Å². The van der Waals surface area contributed by atoms with Crippen LogP contribution in [0, 0.1) is 0 Å². The normalized spacial score (nSPS) is 18.9. The second-order valence-corrected chi connectivity index (χ2v) is 7.38. The molecular weight excluding hydrogens is 386 g/mol. The summed E-state index contributed by atoms with van der Waals surface area (Å²) in [5.41, 5.74) is 4.39. The Kier molecular flexibility index (Phi) is 4.04. The first kappa shape index (κ1) is 16.5. The maximum Gasteiger partial charge on any atom is 0.162 e. The SMILES string of the molecule is COc1cc2c(cc1OC)C1Cc3c(Br)cc(O)c(O)c3CN1CC2. The average molecular weight is 406 g/mol. The predicted molar refractivity (Wildman–Crippen MR) is 97.6 cm³/mol. The van der Waals surface area contributed by atoms with Gasteiger partial charge in [0.1, 0.15) is 0 Å². The lowest BCUT2D eigenvalue weighted by molar-refractivity contribution is 0.157. The Labute approximate surface area is 154 Å². The summed E-state index contributed by atoms with van der Waals surface area (Å²) < 4.78 is 11.8. The van der Waals surface area contributed by atoms with Gasteiger partial charge in [0, 0.05) is 29.2 Å². The number of halogens is 1. The summed E-state index contributed by atoms with van der Waals surface area (Å²) in [5.74, 6) is 1.42. The molecule has 25 heavy (non-hydrogen) atoms. The highest BCUT2D eigenvalue weighted by molar-refractivity contribution is 9.10. The molecule has 2 aromatic rings. The van der Waals surface area contributed by atoms with E-state index in [1.54, 1.807) is 20.3 Å². The summed E-state index contributed by atoms with van der Waals surface area (Å²) in [6, 6.07) is 5.94. The molecule has 4 rings (SSSR count). The molecule has 0 bridgehead atoms. The molecule has 2 aliphatic heterocycles.